The van der Waals surface area contributed by atoms with E-state index >= 15 is 0 Å². The molecule has 10 aromatic rings. The van der Waals surface area contributed by atoms with Crippen LogP contribution in [-0.4, -0.2) is 15.0 Å². The van der Waals surface area contributed by atoms with Gasteiger partial charge >= 0.3 is 0 Å². The highest BCUT2D eigenvalue weighted by atomic mass is 32.1. The Morgan fingerprint density at radius 2 is 0.673 bits per heavy atom. The summed E-state index contributed by atoms with van der Waals surface area (Å²) >= 11 is 1.84. The van der Waals surface area contributed by atoms with E-state index in [1.165, 1.54) is 42.4 Å². The summed E-state index contributed by atoms with van der Waals surface area (Å²) in [5.41, 5.74) is 12.0. The largest absolute Gasteiger partial charge is 0.208 e. The van der Waals surface area contributed by atoms with Gasteiger partial charge in [0.2, 0.25) is 0 Å². The Morgan fingerprint density at radius 1 is 0.273 bits per heavy atom. The molecule has 2 aromatic heterocycles. The van der Waals surface area contributed by atoms with Crippen molar-refractivity contribution < 1.29 is 0 Å². The molecule has 0 saturated carbocycles. The molecule has 3 nitrogen and oxygen atoms in total. The van der Waals surface area contributed by atoms with Crippen molar-refractivity contribution >= 4 is 31.5 Å². The van der Waals surface area contributed by atoms with Crippen molar-refractivity contribution in [2.45, 2.75) is 0 Å². The molecule has 10 rings (SSSR count). The first-order valence-electron chi connectivity index (χ1n) is 18.4. The van der Waals surface area contributed by atoms with Gasteiger partial charge in [0.05, 0.1) is 0 Å². The third-order valence-electron chi connectivity index (χ3n) is 10.1. The molecule has 0 unspecified atom stereocenters. The van der Waals surface area contributed by atoms with Gasteiger partial charge in [0.25, 0.3) is 0 Å². The smallest absolute Gasteiger partial charge is 0.164 e. The van der Waals surface area contributed by atoms with Crippen LogP contribution in [-0.2, 0) is 0 Å². The molecular weight excluding hydrogens is 687 g/mol. The standard InChI is InChI=1S/C51H33N3S/c1-4-13-34(14-5-1)36-23-25-38(26-24-36)41-31-42(44-20-12-21-46-45-19-10-11-22-47(45)55-48(44)46)33-43(32-41)51-53-49(39-17-8-3-9-18-39)52-50(54-51)40-29-27-37(28-30-40)35-15-6-2-7-16-35/h1-33H. The number of benzene rings is 8. The van der Waals surface area contributed by atoms with Crippen LogP contribution < -0.4 is 0 Å². The molecule has 55 heavy (non-hydrogen) atoms. The lowest BCUT2D eigenvalue weighted by atomic mass is 9.94. The molecule has 0 bridgehead atoms. The highest BCUT2D eigenvalue weighted by molar-refractivity contribution is 7.26. The summed E-state index contributed by atoms with van der Waals surface area (Å²) in [6.07, 6.45) is 0. The maximum atomic E-state index is 5.20. The average Bonchev–Trinajstić information content (AvgIpc) is 3.66. The van der Waals surface area contributed by atoms with Gasteiger partial charge in [-0.25, -0.2) is 15.0 Å². The minimum Gasteiger partial charge on any atom is -0.208 e. The molecule has 0 spiro atoms. The van der Waals surface area contributed by atoms with Gasteiger partial charge in [-0.1, -0.05) is 176 Å². The van der Waals surface area contributed by atoms with E-state index < -0.39 is 0 Å². The van der Waals surface area contributed by atoms with Crippen molar-refractivity contribution in [3.63, 3.8) is 0 Å². The first-order valence-corrected chi connectivity index (χ1v) is 19.2. The number of fused-ring (bicyclic) bond motifs is 3. The van der Waals surface area contributed by atoms with Gasteiger partial charge < -0.3 is 0 Å². The summed E-state index contributed by atoms with van der Waals surface area (Å²) in [6.45, 7) is 0. The van der Waals surface area contributed by atoms with Crippen molar-refractivity contribution in [1.82, 2.24) is 15.0 Å². The van der Waals surface area contributed by atoms with Crippen molar-refractivity contribution in [1.29, 1.82) is 0 Å². The average molecular weight is 720 g/mol. The van der Waals surface area contributed by atoms with Gasteiger partial charge in [0, 0.05) is 36.9 Å². The normalized spacial score (nSPS) is 11.3. The first kappa shape index (κ1) is 32.6. The third-order valence-corrected chi connectivity index (χ3v) is 11.4. The van der Waals surface area contributed by atoms with Crippen molar-refractivity contribution in [2.75, 3.05) is 0 Å². The number of hydrogen-bond acceptors (Lipinski definition) is 4. The van der Waals surface area contributed by atoms with E-state index in [9.17, 15) is 0 Å². The Morgan fingerprint density at radius 3 is 1.27 bits per heavy atom. The van der Waals surface area contributed by atoms with E-state index in [0.717, 1.165) is 38.9 Å². The summed E-state index contributed by atoms with van der Waals surface area (Å²) in [6, 6.07) is 70.5. The summed E-state index contributed by atoms with van der Waals surface area (Å²) in [7, 11) is 0. The van der Waals surface area contributed by atoms with Crippen molar-refractivity contribution in [3.05, 3.63) is 200 Å². The number of thiophene rings is 1. The molecule has 0 N–H and O–H groups in total. The summed E-state index contributed by atoms with van der Waals surface area (Å²) in [4.78, 5) is 15.4. The zero-order chi connectivity index (χ0) is 36.6. The molecular formula is C51H33N3S. The van der Waals surface area contributed by atoms with E-state index in [1.54, 1.807) is 0 Å². The lowest BCUT2D eigenvalue weighted by Gasteiger charge is -2.13. The predicted octanol–water partition coefficient (Wildman–Crippen LogP) is 13.9. The molecule has 0 aliphatic heterocycles. The van der Waals surface area contributed by atoms with Gasteiger partial charge in [-0.15, -0.1) is 11.3 Å². The number of rotatable bonds is 7. The Hall–Kier alpha value is -7.01. The zero-order valence-electron chi connectivity index (χ0n) is 29.8. The third kappa shape index (κ3) is 6.39. The first-order chi connectivity index (χ1) is 27.2. The van der Waals surface area contributed by atoms with Crippen molar-refractivity contribution in [3.8, 4) is 78.7 Å². The fourth-order valence-electron chi connectivity index (χ4n) is 7.33. The second-order valence-electron chi connectivity index (χ2n) is 13.6. The van der Waals surface area contributed by atoms with Gasteiger partial charge in [-0.2, -0.15) is 0 Å². The second kappa shape index (κ2) is 14.1. The predicted molar refractivity (Wildman–Crippen MR) is 231 cm³/mol. The molecule has 2 heterocycles. The minimum absolute atomic E-state index is 0.628. The second-order valence-corrected chi connectivity index (χ2v) is 14.7. The molecule has 0 fully saturated rings. The van der Waals surface area contributed by atoms with Gasteiger partial charge in [-0.3, -0.25) is 0 Å². The molecule has 0 radical (unpaired) electrons. The molecule has 0 aliphatic rings. The molecule has 258 valence electrons. The topological polar surface area (TPSA) is 38.7 Å². The van der Waals surface area contributed by atoms with E-state index in [1.807, 2.05) is 35.6 Å². The molecule has 0 atom stereocenters. The molecule has 4 heteroatoms. The van der Waals surface area contributed by atoms with Gasteiger partial charge in [-0.05, 0) is 68.8 Å². The van der Waals surface area contributed by atoms with E-state index in [4.69, 9.17) is 15.0 Å². The monoisotopic (exact) mass is 719 g/mol. The van der Waals surface area contributed by atoms with Crippen LogP contribution in [0.1, 0.15) is 0 Å². The quantitative estimate of drug-likeness (QED) is 0.165. The van der Waals surface area contributed by atoms with Gasteiger partial charge in [0.15, 0.2) is 17.5 Å². The minimum atomic E-state index is 0.628. The maximum Gasteiger partial charge on any atom is 0.164 e. The molecule has 0 amide bonds. The van der Waals surface area contributed by atoms with Crippen LogP contribution in [0.2, 0.25) is 0 Å². The number of nitrogens with zero attached hydrogens (tertiary/aromatic N) is 3. The molecule has 0 aliphatic carbocycles. The van der Waals surface area contributed by atoms with Gasteiger partial charge in [0.1, 0.15) is 0 Å². The zero-order valence-corrected chi connectivity index (χ0v) is 30.6. The summed E-state index contributed by atoms with van der Waals surface area (Å²) < 4.78 is 2.55. The van der Waals surface area contributed by atoms with E-state index in [2.05, 4.69) is 176 Å². The lowest BCUT2D eigenvalue weighted by Crippen LogP contribution is -2.00. The summed E-state index contributed by atoms with van der Waals surface area (Å²) in [5.74, 6) is 1.90. The van der Waals surface area contributed by atoms with Crippen molar-refractivity contribution in [2.24, 2.45) is 0 Å². The van der Waals surface area contributed by atoms with Crippen LogP contribution in [0.3, 0.4) is 0 Å². The fraction of sp³-hybridized carbons (Fsp3) is 0. The Labute approximate surface area is 323 Å². The van der Waals surface area contributed by atoms with Crippen LogP contribution in [0.5, 0.6) is 0 Å². The number of hydrogen-bond donors (Lipinski definition) is 0. The summed E-state index contributed by atoms with van der Waals surface area (Å²) in [5, 5.41) is 2.55. The van der Waals surface area contributed by atoms with E-state index in [0.29, 0.717) is 17.5 Å². The highest BCUT2D eigenvalue weighted by Gasteiger charge is 2.17. The maximum absolute atomic E-state index is 5.20. The Kier molecular flexibility index (Phi) is 8.36. The van der Waals surface area contributed by atoms with Crippen LogP contribution in [0.15, 0.2) is 200 Å². The highest BCUT2D eigenvalue weighted by Crippen LogP contribution is 2.42. The lowest BCUT2D eigenvalue weighted by molar-refractivity contribution is 1.07. The molecule has 0 saturated heterocycles. The van der Waals surface area contributed by atoms with Crippen LogP contribution in [0.25, 0.3) is 98.8 Å². The Balaban J connectivity index is 1.16. The number of aromatic nitrogens is 3. The Bertz CT molecular complexity index is 2940. The fourth-order valence-corrected chi connectivity index (χ4v) is 8.57. The van der Waals surface area contributed by atoms with Crippen LogP contribution in [0.4, 0.5) is 0 Å². The van der Waals surface area contributed by atoms with Crippen LogP contribution in [0, 0.1) is 0 Å². The molecule has 8 aromatic carbocycles. The van der Waals surface area contributed by atoms with Crippen LogP contribution >= 0.6 is 11.3 Å². The van der Waals surface area contributed by atoms with E-state index in [-0.39, 0.29) is 0 Å². The SMILES string of the molecule is c1ccc(-c2ccc(-c3cc(-c4nc(-c5ccccc5)nc(-c5ccc(-c6ccccc6)cc5)n4)cc(-c4cccc5c4sc4ccccc45)c3)cc2)cc1.